The van der Waals surface area contributed by atoms with E-state index >= 15 is 0 Å². The first kappa shape index (κ1) is 11.9. The highest BCUT2D eigenvalue weighted by Gasteiger charge is 2.26. The molecule has 0 amide bonds. The van der Waals surface area contributed by atoms with Gasteiger partial charge in [0.25, 0.3) is 10.1 Å². The molecule has 0 aromatic rings. The third-order valence-electron chi connectivity index (χ3n) is 1.72. The maximum Gasteiger partial charge on any atom is 0.267 e. The molecule has 0 aliphatic carbocycles. The van der Waals surface area contributed by atoms with Gasteiger partial charge in [0, 0.05) is 0 Å². The topological polar surface area (TPSA) is 54.4 Å². The average Bonchev–Trinajstić information content (AvgIpc) is 1.78. The second-order valence-electron chi connectivity index (χ2n) is 4.31. The summed E-state index contributed by atoms with van der Waals surface area (Å²) in [5.74, 6) is 0. The lowest BCUT2D eigenvalue weighted by Crippen LogP contribution is -2.25. The molecule has 0 bridgehead atoms. The quantitative estimate of drug-likeness (QED) is 0.700. The molecule has 1 atom stereocenters. The summed E-state index contributed by atoms with van der Waals surface area (Å²) in [5.41, 5.74) is -0.0591. The van der Waals surface area contributed by atoms with E-state index in [4.69, 9.17) is 4.55 Å². The summed E-state index contributed by atoms with van der Waals surface area (Å²) in [5, 5.41) is -0.613. The summed E-state index contributed by atoms with van der Waals surface area (Å²) in [6.45, 7) is 7.65. The van der Waals surface area contributed by atoms with Gasteiger partial charge in [-0.1, -0.05) is 27.7 Å². The summed E-state index contributed by atoms with van der Waals surface area (Å²) in [6.07, 6.45) is 0.971. The monoisotopic (exact) mass is 194 g/mol. The molecule has 0 aliphatic rings. The van der Waals surface area contributed by atoms with Crippen molar-refractivity contribution in [3.05, 3.63) is 0 Å². The fourth-order valence-corrected chi connectivity index (χ4v) is 2.28. The molecule has 0 rings (SSSR count). The largest absolute Gasteiger partial charge is 0.285 e. The molecule has 1 N–H and O–H groups in total. The van der Waals surface area contributed by atoms with E-state index in [1.807, 2.05) is 20.8 Å². The normalized spacial score (nSPS) is 16.1. The van der Waals surface area contributed by atoms with Crippen LogP contribution in [0.4, 0.5) is 0 Å². The third-order valence-corrected chi connectivity index (χ3v) is 3.06. The van der Waals surface area contributed by atoms with E-state index in [-0.39, 0.29) is 5.41 Å². The van der Waals surface area contributed by atoms with Crippen LogP contribution in [0.15, 0.2) is 0 Å². The molecule has 12 heavy (non-hydrogen) atoms. The molecule has 1 unspecified atom stereocenters. The van der Waals surface area contributed by atoms with Crippen molar-refractivity contribution in [2.24, 2.45) is 5.41 Å². The summed E-state index contributed by atoms with van der Waals surface area (Å²) in [6, 6.07) is 0. The fourth-order valence-electron chi connectivity index (χ4n) is 1.14. The summed E-state index contributed by atoms with van der Waals surface area (Å²) in [7, 11) is -3.85. The van der Waals surface area contributed by atoms with Gasteiger partial charge in [0.2, 0.25) is 0 Å². The maximum atomic E-state index is 10.8. The molecule has 0 saturated heterocycles. The molecule has 0 aromatic carbocycles. The van der Waals surface area contributed by atoms with Gasteiger partial charge in [-0.05, 0) is 18.3 Å². The van der Waals surface area contributed by atoms with Crippen molar-refractivity contribution < 1.29 is 13.0 Å². The lowest BCUT2D eigenvalue weighted by molar-refractivity contribution is 0.349. The molecule has 0 heterocycles. The minimum absolute atomic E-state index is 0.0591. The van der Waals surface area contributed by atoms with Gasteiger partial charge in [0.1, 0.15) is 0 Å². The minimum Gasteiger partial charge on any atom is -0.285 e. The Labute approximate surface area is 74.9 Å². The van der Waals surface area contributed by atoms with Crippen LogP contribution in [0.3, 0.4) is 0 Å². The molecule has 4 heteroatoms. The van der Waals surface area contributed by atoms with Crippen molar-refractivity contribution in [1.82, 2.24) is 0 Å². The van der Waals surface area contributed by atoms with E-state index < -0.39 is 15.4 Å². The Morgan fingerprint density at radius 2 is 1.75 bits per heavy atom. The van der Waals surface area contributed by atoms with Crippen LogP contribution in [-0.4, -0.2) is 18.2 Å². The molecule has 0 spiro atoms. The molecule has 0 saturated carbocycles. The average molecular weight is 194 g/mol. The molecule has 74 valence electrons. The van der Waals surface area contributed by atoms with Gasteiger partial charge >= 0.3 is 0 Å². The Hall–Kier alpha value is -0.0900. The van der Waals surface area contributed by atoms with Crippen molar-refractivity contribution in [2.45, 2.75) is 45.8 Å². The predicted octanol–water partition coefficient (Wildman–Crippen LogP) is 2.09. The third kappa shape index (κ3) is 4.72. The molecule has 0 aliphatic heterocycles. The Balaban J connectivity index is 4.41. The highest BCUT2D eigenvalue weighted by atomic mass is 32.2. The van der Waals surface area contributed by atoms with Crippen LogP contribution in [0.1, 0.15) is 40.5 Å². The van der Waals surface area contributed by atoms with Gasteiger partial charge in [-0.2, -0.15) is 8.42 Å². The first-order chi connectivity index (χ1) is 5.17. The van der Waals surface area contributed by atoms with Gasteiger partial charge in [-0.3, -0.25) is 4.55 Å². The zero-order valence-corrected chi connectivity index (χ0v) is 8.98. The summed E-state index contributed by atoms with van der Waals surface area (Å²) >= 11 is 0. The van der Waals surface area contributed by atoms with Crippen molar-refractivity contribution in [3.8, 4) is 0 Å². The number of hydrogen-bond acceptors (Lipinski definition) is 2. The lowest BCUT2D eigenvalue weighted by Gasteiger charge is -2.22. The van der Waals surface area contributed by atoms with Crippen LogP contribution in [0.2, 0.25) is 0 Å². The molecule has 0 radical (unpaired) electrons. The highest BCUT2D eigenvalue weighted by Crippen LogP contribution is 2.25. The van der Waals surface area contributed by atoms with Gasteiger partial charge in [0.15, 0.2) is 0 Å². The maximum absolute atomic E-state index is 10.8. The molecular weight excluding hydrogens is 176 g/mol. The predicted molar refractivity (Wildman–Crippen MR) is 49.7 cm³/mol. The van der Waals surface area contributed by atoms with Crippen LogP contribution in [0.5, 0.6) is 0 Å². The Morgan fingerprint density at radius 1 is 1.33 bits per heavy atom. The minimum atomic E-state index is -3.85. The van der Waals surface area contributed by atoms with Crippen molar-refractivity contribution in [2.75, 3.05) is 0 Å². The van der Waals surface area contributed by atoms with Crippen LogP contribution in [-0.2, 0) is 10.1 Å². The van der Waals surface area contributed by atoms with Gasteiger partial charge < -0.3 is 0 Å². The van der Waals surface area contributed by atoms with E-state index in [2.05, 4.69) is 0 Å². The zero-order chi connectivity index (χ0) is 9.99. The van der Waals surface area contributed by atoms with Crippen LogP contribution >= 0.6 is 0 Å². The second kappa shape index (κ2) is 3.75. The lowest BCUT2D eigenvalue weighted by atomic mass is 9.90. The van der Waals surface area contributed by atoms with E-state index in [9.17, 15) is 8.42 Å². The van der Waals surface area contributed by atoms with Crippen molar-refractivity contribution >= 4 is 10.1 Å². The number of rotatable bonds is 3. The first-order valence-electron chi connectivity index (χ1n) is 4.13. The van der Waals surface area contributed by atoms with E-state index in [0.717, 1.165) is 0 Å². The SMILES string of the molecule is CCC(CC(C)(C)C)S(=O)(=O)O. The Morgan fingerprint density at radius 3 is 1.83 bits per heavy atom. The summed E-state index contributed by atoms with van der Waals surface area (Å²) in [4.78, 5) is 0. The van der Waals surface area contributed by atoms with Crippen LogP contribution in [0, 0.1) is 5.41 Å². The zero-order valence-electron chi connectivity index (χ0n) is 8.16. The van der Waals surface area contributed by atoms with Gasteiger partial charge in [0.05, 0.1) is 5.25 Å². The van der Waals surface area contributed by atoms with E-state index in [0.29, 0.717) is 12.8 Å². The van der Waals surface area contributed by atoms with Crippen molar-refractivity contribution in [3.63, 3.8) is 0 Å². The number of hydrogen-bond donors (Lipinski definition) is 1. The second-order valence-corrected chi connectivity index (χ2v) is 6.01. The van der Waals surface area contributed by atoms with Crippen LogP contribution < -0.4 is 0 Å². The first-order valence-corrected chi connectivity index (χ1v) is 5.63. The molecular formula is C8H18O3S. The standard InChI is InChI=1S/C8H18O3S/c1-5-7(12(9,10)11)6-8(2,3)4/h7H,5-6H2,1-4H3,(H,9,10,11). The van der Waals surface area contributed by atoms with Crippen molar-refractivity contribution in [1.29, 1.82) is 0 Å². The highest BCUT2D eigenvalue weighted by molar-refractivity contribution is 7.86. The summed E-state index contributed by atoms with van der Waals surface area (Å²) < 4.78 is 30.4. The molecule has 3 nitrogen and oxygen atoms in total. The molecule has 0 aromatic heterocycles. The Kier molecular flexibility index (Phi) is 3.72. The van der Waals surface area contributed by atoms with E-state index in [1.54, 1.807) is 6.92 Å². The van der Waals surface area contributed by atoms with Gasteiger partial charge in [-0.15, -0.1) is 0 Å². The van der Waals surface area contributed by atoms with Crippen LogP contribution in [0.25, 0.3) is 0 Å². The Bertz CT molecular complexity index is 223. The fraction of sp³-hybridized carbons (Fsp3) is 1.00. The molecule has 0 fully saturated rings. The van der Waals surface area contributed by atoms with E-state index in [1.165, 1.54) is 0 Å². The smallest absolute Gasteiger partial charge is 0.267 e. The van der Waals surface area contributed by atoms with Gasteiger partial charge in [-0.25, -0.2) is 0 Å².